The molecule has 0 saturated heterocycles. The monoisotopic (exact) mass is 434 g/mol. The summed E-state index contributed by atoms with van der Waals surface area (Å²) in [5.41, 5.74) is 3.48. The van der Waals surface area contributed by atoms with E-state index in [9.17, 15) is 0 Å². The summed E-state index contributed by atoms with van der Waals surface area (Å²) in [7, 11) is 0. The van der Waals surface area contributed by atoms with Gasteiger partial charge in [0.2, 0.25) is 0 Å². The van der Waals surface area contributed by atoms with Crippen molar-refractivity contribution < 1.29 is 9.26 Å². The highest BCUT2D eigenvalue weighted by atomic mass is 32.1. The van der Waals surface area contributed by atoms with Gasteiger partial charge in [-0.05, 0) is 78.9 Å². The number of hydrogen-bond acceptors (Lipinski definition) is 5. The average Bonchev–Trinajstić information content (AvgIpc) is 3.46. The highest BCUT2D eigenvalue weighted by Crippen LogP contribution is 2.23. The van der Waals surface area contributed by atoms with Crippen LogP contribution in [0.5, 0.6) is 0 Å². The molecule has 4 nitrogen and oxygen atoms in total. The average molecular weight is 435 g/mol. The van der Waals surface area contributed by atoms with Crippen LogP contribution in [0.15, 0.2) is 69.7 Å². The molecule has 0 amide bonds. The first-order valence-corrected chi connectivity index (χ1v) is 11.5. The van der Waals surface area contributed by atoms with Crippen molar-refractivity contribution in [2.24, 2.45) is 5.41 Å². The quantitative estimate of drug-likeness (QED) is 0.289. The van der Waals surface area contributed by atoms with Crippen LogP contribution in [0.4, 0.5) is 0 Å². The summed E-state index contributed by atoms with van der Waals surface area (Å²) in [6.07, 6.45) is 3.73. The molecule has 162 valence electrons. The van der Waals surface area contributed by atoms with Crippen LogP contribution in [0.1, 0.15) is 39.0 Å². The lowest BCUT2D eigenvalue weighted by Crippen LogP contribution is -2.23. The first kappa shape index (κ1) is 22.9. The highest BCUT2D eigenvalue weighted by Gasteiger charge is 2.08. The van der Waals surface area contributed by atoms with Crippen LogP contribution in [0.3, 0.4) is 0 Å². The Morgan fingerprint density at radius 2 is 2.10 bits per heavy atom. The first-order valence-electron chi connectivity index (χ1n) is 10.5. The second kappa shape index (κ2) is 11.0. The van der Waals surface area contributed by atoms with E-state index in [4.69, 9.17) is 9.26 Å². The molecule has 0 atom stereocenters. The van der Waals surface area contributed by atoms with Gasteiger partial charge < -0.3 is 9.26 Å². The van der Waals surface area contributed by atoms with Crippen LogP contribution in [-0.2, 0) is 17.9 Å². The molecule has 31 heavy (non-hydrogen) atoms. The Hall–Kier alpha value is -2.81. The highest BCUT2D eigenvalue weighted by molar-refractivity contribution is 7.08. The Morgan fingerprint density at radius 3 is 2.77 bits per heavy atom. The third-order valence-corrected chi connectivity index (χ3v) is 5.27. The van der Waals surface area contributed by atoms with E-state index in [1.54, 1.807) is 17.5 Å². The van der Waals surface area contributed by atoms with Gasteiger partial charge in [0.05, 0.1) is 12.7 Å². The Morgan fingerprint density at radius 1 is 1.23 bits per heavy atom. The lowest BCUT2D eigenvalue weighted by Gasteiger charge is -2.17. The number of thiophene rings is 1. The number of nitrogens with zero attached hydrogens (tertiary/aromatic N) is 2. The van der Waals surface area contributed by atoms with Gasteiger partial charge in [-0.1, -0.05) is 36.2 Å². The van der Waals surface area contributed by atoms with Crippen molar-refractivity contribution in [3.05, 3.63) is 76.5 Å². The van der Waals surface area contributed by atoms with Gasteiger partial charge in [-0.15, -0.1) is 0 Å². The summed E-state index contributed by atoms with van der Waals surface area (Å²) >= 11 is 1.71. The molecule has 3 rings (SSSR count). The van der Waals surface area contributed by atoms with Crippen molar-refractivity contribution in [1.29, 1.82) is 0 Å². The topological polar surface area (TPSA) is 38.5 Å². The largest absolute Gasteiger partial charge is 0.481 e. The van der Waals surface area contributed by atoms with Crippen LogP contribution in [0, 0.1) is 17.3 Å². The summed E-state index contributed by atoms with van der Waals surface area (Å²) in [5.74, 6) is 8.08. The number of hydrogen-bond donors (Lipinski definition) is 0. The second-order valence-corrected chi connectivity index (χ2v) is 9.16. The molecule has 1 aromatic carbocycles. The van der Waals surface area contributed by atoms with Crippen LogP contribution >= 0.6 is 11.3 Å². The molecule has 5 heteroatoms. The van der Waals surface area contributed by atoms with Crippen molar-refractivity contribution >= 4 is 11.3 Å². The fourth-order valence-electron chi connectivity index (χ4n) is 2.89. The number of aromatic nitrogens is 1. The SMILES string of the molecule is CCN(CC=C(C#CC(C)(C)C)OCc1cccc(-c2ccsc2)c1)Cc1ccno1. The molecule has 0 aliphatic rings. The molecule has 0 spiro atoms. The van der Waals surface area contributed by atoms with Gasteiger partial charge in [-0.25, -0.2) is 0 Å². The molecule has 0 bridgehead atoms. The van der Waals surface area contributed by atoms with Crippen molar-refractivity contribution in [1.82, 2.24) is 10.1 Å². The van der Waals surface area contributed by atoms with E-state index in [-0.39, 0.29) is 5.41 Å². The molecule has 0 aliphatic heterocycles. The van der Waals surface area contributed by atoms with Crippen molar-refractivity contribution in [3.63, 3.8) is 0 Å². The van der Waals surface area contributed by atoms with E-state index in [1.807, 2.05) is 6.07 Å². The van der Waals surface area contributed by atoms with Gasteiger partial charge in [0, 0.05) is 18.0 Å². The Bertz CT molecular complexity index is 1020. The lowest BCUT2D eigenvalue weighted by atomic mass is 9.98. The predicted molar refractivity (Wildman–Crippen MR) is 127 cm³/mol. The molecule has 0 fully saturated rings. The minimum atomic E-state index is -0.0917. The van der Waals surface area contributed by atoms with Gasteiger partial charge in [0.25, 0.3) is 0 Å². The maximum atomic E-state index is 6.15. The van der Waals surface area contributed by atoms with E-state index in [1.165, 1.54) is 11.1 Å². The standard InChI is InChI=1S/C26H30N2O2S/c1-5-28(18-25-10-14-27-30-25)15-11-24(9-13-26(2,3)4)29-19-21-7-6-8-22(17-21)23-12-16-31-20-23/h6-8,10-12,14,16-17,20H,5,15,18-19H2,1-4H3. The van der Waals surface area contributed by atoms with Crippen LogP contribution in [-0.4, -0.2) is 23.1 Å². The molecule has 2 heterocycles. The summed E-state index contributed by atoms with van der Waals surface area (Å²) in [6.45, 7) is 11.2. The van der Waals surface area contributed by atoms with Gasteiger partial charge in [0.15, 0.2) is 11.5 Å². The molecular weight excluding hydrogens is 404 g/mol. The van der Waals surface area contributed by atoms with Crippen LogP contribution in [0.2, 0.25) is 0 Å². The third kappa shape index (κ3) is 7.75. The summed E-state index contributed by atoms with van der Waals surface area (Å²) in [4.78, 5) is 2.25. The predicted octanol–water partition coefficient (Wildman–Crippen LogP) is 6.38. The maximum absolute atomic E-state index is 6.15. The van der Waals surface area contributed by atoms with E-state index in [0.717, 1.165) is 24.4 Å². The molecular formula is C26H30N2O2S. The van der Waals surface area contributed by atoms with E-state index in [2.05, 4.69) is 96.8 Å². The molecule has 0 unspecified atom stereocenters. The Kier molecular flexibility index (Phi) is 8.11. The Labute approximate surface area is 189 Å². The third-order valence-electron chi connectivity index (χ3n) is 4.59. The minimum absolute atomic E-state index is 0.0917. The number of likely N-dealkylation sites (N-methyl/N-ethyl adjacent to an activating group) is 1. The first-order chi connectivity index (χ1) is 14.9. The van der Waals surface area contributed by atoms with E-state index >= 15 is 0 Å². The zero-order valence-electron chi connectivity index (χ0n) is 18.7. The van der Waals surface area contributed by atoms with Crippen molar-refractivity contribution in [2.75, 3.05) is 13.1 Å². The molecule has 3 aromatic rings. The molecule has 0 saturated carbocycles. The molecule has 0 N–H and O–H groups in total. The smallest absolute Gasteiger partial charge is 0.167 e. The van der Waals surface area contributed by atoms with Gasteiger partial charge >= 0.3 is 0 Å². The maximum Gasteiger partial charge on any atom is 0.167 e. The fourth-order valence-corrected chi connectivity index (χ4v) is 3.55. The van der Waals surface area contributed by atoms with Crippen molar-refractivity contribution in [3.8, 4) is 23.0 Å². The van der Waals surface area contributed by atoms with E-state index < -0.39 is 0 Å². The summed E-state index contributed by atoms with van der Waals surface area (Å²) in [6, 6.07) is 12.5. The van der Waals surface area contributed by atoms with Gasteiger partial charge in [0.1, 0.15) is 6.61 Å². The van der Waals surface area contributed by atoms with Gasteiger partial charge in [-0.2, -0.15) is 11.3 Å². The lowest BCUT2D eigenvalue weighted by molar-refractivity contribution is 0.208. The normalized spacial score (nSPS) is 12.0. The second-order valence-electron chi connectivity index (χ2n) is 8.38. The molecule has 0 aliphatic carbocycles. The number of ether oxygens (including phenoxy) is 1. The number of benzene rings is 1. The zero-order valence-corrected chi connectivity index (χ0v) is 19.5. The molecule has 2 aromatic heterocycles. The van der Waals surface area contributed by atoms with Crippen molar-refractivity contribution in [2.45, 2.75) is 40.8 Å². The number of allylic oxidation sites excluding steroid dienone is 1. The minimum Gasteiger partial charge on any atom is -0.481 e. The van der Waals surface area contributed by atoms with E-state index in [0.29, 0.717) is 18.9 Å². The summed E-state index contributed by atoms with van der Waals surface area (Å²) in [5, 5.41) is 8.04. The summed E-state index contributed by atoms with van der Waals surface area (Å²) < 4.78 is 11.4. The Balaban J connectivity index is 1.70. The van der Waals surface area contributed by atoms with Crippen LogP contribution < -0.4 is 0 Å². The molecule has 0 radical (unpaired) electrons. The van der Waals surface area contributed by atoms with Crippen LogP contribution in [0.25, 0.3) is 11.1 Å². The fraction of sp³-hybridized carbons (Fsp3) is 0.346. The van der Waals surface area contributed by atoms with Gasteiger partial charge in [-0.3, -0.25) is 4.90 Å². The number of rotatable bonds is 9. The zero-order chi connectivity index (χ0) is 22.1.